The van der Waals surface area contributed by atoms with Crippen molar-refractivity contribution >= 4 is 0 Å². The fraction of sp³-hybridized carbons (Fsp3) is 0.647. The molecule has 0 radical (unpaired) electrons. The molecule has 3 nitrogen and oxygen atoms in total. The third-order valence-electron chi connectivity index (χ3n) is 4.15. The first-order valence-corrected chi connectivity index (χ1v) is 7.83. The van der Waals surface area contributed by atoms with Gasteiger partial charge in [-0.05, 0) is 51.9 Å². The number of hydrogen-bond acceptors (Lipinski definition) is 3. The molecule has 1 fully saturated rings. The highest BCUT2D eigenvalue weighted by molar-refractivity contribution is 5.36. The van der Waals surface area contributed by atoms with Gasteiger partial charge in [-0.25, -0.2) is 0 Å². The van der Waals surface area contributed by atoms with E-state index in [1.807, 2.05) is 0 Å². The topological polar surface area (TPSA) is 24.5 Å². The highest BCUT2D eigenvalue weighted by Crippen LogP contribution is 2.24. The van der Waals surface area contributed by atoms with E-state index in [0.29, 0.717) is 6.04 Å². The van der Waals surface area contributed by atoms with Gasteiger partial charge in [0.2, 0.25) is 0 Å². The second-order valence-electron chi connectivity index (χ2n) is 5.77. The van der Waals surface area contributed by atoms with Gasteiger partial charge in [0, 0.05) is 18.2 Å². The Labute approximate surface area is 123 Å². The van der Waals surface area contributed by atoms with Gasteiger partial charge in [0.05, 0.1) is 7.11 Å². The summed E-state index contributed by atoms with van der Waals surface area (Å²) < 4.78 is 5.53. The van der Waals surface area contributed by atoms with E-state index < -0.39 is 0 Å². The lowest BCUT2D eigenvalue weighted by atomic mass is 10.0. The van der Waals surface area contributed by atoms with Crippen molar-refractivity contribution in [3.8, 4) is 5.75 Å². The normalized spacial score (nSPS) is 16.6. The summed E-state index contributed by atoms with van der Waals surface area (Å²) in [6.45, 7) is 8.88. The minimum Gasteiger partial charge on any atom is -0.496 e. The molecule has 0 atom stereocenters. The molecule has 1 heterocycles. The highest BCUT2D eigenvalue weighted by atomic mass is 16.5. The molecule has 0 spiro atoms. The van der Waals surface area contributed by atoms with E-state index in [-0.39, 0.29) is 0 Å². The van der Waals surface area contributed by atoms with Gasteiger partial charge in [-0.2, -0.15) is 0 Å². The molecule has 1 aliphatic heterocycles. The van der Waals surface area contributed by atoms with E-state index in [1.165, 1.54) is 36.9 Å². The summed E-state index contributed by atoms with van der Waals surface area (Å²) in [5.74, 6) is 1.02. The van der Waals surface area contributed by atoms with Crippen molar-refractivity contribution < 1.29 is 4.74 Å². The Bertz CT molecular complexity index is 413. The van der Waals surface area contributed by atoms with Crippen molar-refractivity contribution in [3.63, 3.8) is 0 Å². The van der Waals surface area contributed by atoms with Gasteiger partial charge in [-0.15, -0.1) is 0 Å². The molecule has 2 rings (SSSR count). The second-order valence-corrected chi connectivity index (χ2v) is 5.77. The molecule has 1 aromatic rings. The summed E-state index contributed by atoms with van der Waals surface area (Å²) in [4.78, 5) is 2.64. The Morgan fingerprint density at radius 3 is 2.70 bits per heavy atom. The van der Waals surface area contributed by atoms with Crippen LogP contribution in [0.5, 0.6) is 5.75 Å². The molecule has 0 aromatic heterocycles. The molecule has 1 aliphatic rings. The standard InChI is InChI=1S/C17H28N2O/c1-4-11-19(16-7-9-18-10-8-16)13-15-12-14(2)5-6-17(15)20-3/h5-6,12,16,18H,4,7-11,13H2,1-3H3. The van der Waals surface area contributed by atoms with Crippen molar-refractivity contribution in [1.82, 2.24) is 10.2 Å². The van der Waals surface area contributed by atoms with E-state index >= 15 is 0 Å². The molecule has 20 heavy (non-hydrogen) atoms. The molecular weight excluding hydrogens is 248 g/mol. The Morgan fingerprint density at radius 2 is 2.05 bits per heavy atom. The second kappa shape index (κ2) is 7.65. The minimum atomic E-state index is 0.710. The van der Waals surface area contributed by atoms with Crippen LogP contribution < -0.4 is 10.1 Å². The average Bonchev–Trinajstić information content (AvgIpc) is 2.48. The zero-order valence-corrected chi connectivity index (χ0v) is 13.1. The van der Waals surface area contributed by atoms with Crippen LogP contribution in [0.25, 0.3) is 0 Å². The minimum absolute atomic E-state index is 0.710. The number of hydrogen-bond donors (Lipinski definition) is 1. The van der Waals surface area contributed by atoms with Crippen molar-refractivity contribution in [3.05, 3.63) is 29.3 Å². The first-order valence-electron chi connectivity index (χ1n) is 7.83. The maximum atomic E-state index is 5.53. The van der Waals surface area contributed by atoms with Crippen molar-refractivity contribution in [2.45, 2.75) is 45.7 Å². The number of ether oxygens (including phenoxy) is 1. The summed E-state index contributed by atoms with van der Waals surface area (Å²) in [6.07, 6.45) is 3.72. The third kappa shape index (κ3) is 3.97. The number of benzene rings is 1. The number of rotatable bonds is 6. The molecule has 112 valence electrons. The fourth-order valence-corrected chi connectivity index (χ4v) is 3.10. The number of nitrogens with one attached hydrogen (secondary N) is 1. The van der Waals surface area contributed by atoms with Crippen LogP contribution in [-0.2, 0) is 6.54 Å². The maximum absolute atomic E-state index is 5.53. The molecule has 1 N–H and O–H groups in total. The molecule has 0 bridgehead atoms. The molecule has 0 amide bonds. The summed E-state index contributed by atoms with van der Waals surface area (Å²) in [5.41, 5.74) is 2.63. The van der Waals surface area contributed by atoms with Crippen LogP contribution in [0.3, 0.4) is 0 Å². The van der Waals surface area contributed by atoms with Gasteiger partial charge >= 0.3 is 0 Å². The molecule has 0 saturated carbocycles. The van der Waals surface area contributed by atoms with Crippen LogP contribution >= 0.6 is 0 Å². The number of piperidine rings is 1. The Kier molecular flexibility index (Phi) is 5.86. The average molecular weight is 276 g/mol. The number of nitrogens with zero attached hydrogens (tertiary/aromatic N) is 1. The molecule has 1 aromatic carbocycles. The van der Waals surface area contributed by atoms with Gasteiger partial charge in [-0.1, -0.05) is 24.6 Å². The lowest BCUT2D eigenvalue weighted by Crippen LogP contribution is -2.43. The van der Waals surface area contributed by atoms with E-state index in [1.54, 1.807) is 7.11 Å². The zero-order valence-electron chi connectivity index (χ0n) is 13.1. The van der Waals surface area contributed by atoms with Crippen LogP contribution in [0.2, 0.25) is 0 Å². The molecule has 0 aliphatic carbocycles. The van der Waals surface area contributed by atoms with Gasteiger partial charge in [-0.3, -0.25) is 4.90 Å². The van der Waals surface area contributed by atoms with E-state index in [9.17, 15) is 0 Å². The van der Waals surface area contributed by atoms with Crippen LogP contribution in [0.4, 0.5) is 0 Å². The van der Waals surface area contributed by atoms with Crippen molar-refractivity contribution in [1.29, 1.82) is 0 Å². The maximum Gasteiger partial charge on any atom is 0.123 e. The third-order valence-corrected chi connectivity index (χ3v) is 4.15. The summed E-state index contributed by atoms with van der Waals surface area (Å²) in [5, 5.41) is 3.46. The van der Waals surface area contributed by atoms with Crippen molar-refractivity contribution in [2.75, 3.05) is 26.7 Å². The molecule has 0 unspecified atom stereocenters. The monoisotopic (exact) mass is 276 g/mol. The van der Waals surface area contributed by atoms with Gasteiger partial charge in [0.15, 0.2) is 0 Å². The SMILES string of the molecule is CCCN(Cc1cc(C)ccc1OC)C1CCNCC1. The van der Waals surface area contributed by atoms with Gasteiger partial charge in [0.25, 0.3) is 0 Å². The lowest BCUT2D eigenvalue weighted by Gasteiger charge is -2.35. The van der Waals surface area contributed by atoms with Crippen LogP contribution in [0, 0.1) is 6.92 Å². The highest BCUT2D eigenvalue weighted by Gasteiger charge is 2.21. The van der Waals surface area contributed by atoms with E-state index in [2.05, 4.69) is 42.3 Å². The van der Waals surface area contributed by atoms with Crippen LogP contribution in [-0.4, -0.2) is 37.7 Å². The molecule has 1 saturated heterocycles. The zero-order chi connectivity index (χ0) is 14.4. The first-order chi connectivity index (χ1) is 9.74. The van der Waals surface area contributed by atoms with Gasteiger partial charge in [0.1, 0.15) is 5.75 Å². The Hall–Kier alpha value is -1.06. The van der Waals surface area contributed by atoms with E-state index in [4.69, 9.17) is 4.74 Å². The molecular formula is C17H28N2O. The lowest BCUT2D eigenvalue weighted by molar-refractivity contribution is 0.152. The van der Waals surface area contributed by atoms with Gasteiger partial charge < -0.3 is 10.1 Å². The smallest absolute Gasteiger partial charge is 0.123 e. The van der Waals surface area contributed by atoms with Crippen molar-refractivity contribution in [2.24, 2.45) is 0 Å². The number of aryl methyl sites for hydroxylation is 1. The van der Waals surface area contributed by atoms with Crippen LogP contribution in [0.1, 0.15) is 37.3 Å². The number of methoxy groups -OCH3 is 1. The Morgan fingerprint density at radius 1 is 1.30 bits per heavy atom. The first kappa shape index (κ1) is 15.3. The summed E-state index contributed by atoms with van der Waals surface area (Å²) >= 11 is 0. The van der Waals surface area contributed by atoms with E-state index in [0.717, 1.165) is 25.4 Å². The fourth-order valence-electron chi connectivity index (χ4n) is 3.10. The largest absolute Gasteiger partial charge is 0.496 e. The predicted octanol–water partition coefficient (Wildman–Crippen LogP) is 2.97. The summed E-state index contributed by atoms with van der Waals surface area (Å²) in [7, 11) is 1.77. The Balaban J connectivity index is 2.12. The quantitative estimate of drug-likeness (QED) is 0.864. The molecule has 3 heteroatoms. The van der Waals surface area contributed by atoms with Crippen LogP contribution in [0.15, 0.2) is 18.2 Å². The predicted molar refractivity (Wildman–Crippen MR) is 84.3 cm³/mol. The summed E-state index contributed by atoms with van der Waals surface area (Å²) in [6, 6.07) is 7.19.